The van der Waals surface area contributed by atoms with Crippen LogP contribution in [0.5, 0.6) is 0 Å². The van der Waals surface area contributed by atoms with E-state index >= 15 is 0 Å². The average Bonchev–Trinajstić information content (AvgIpc) is 3.04. The molecule has 2 N–H and O–H groups in total. The summed E-state index contributed by atoms with van der Waals surface area (Å²) in [5.41, 5.74) is 1.69. The van der Waals surface area contributed by atoms with Gasteiger partial charge in [0.15, 0.2) is 9.90 Å². The zero-order valence-corrected chi connectivity index (χ0v) is 15.5. The molecular formula is C13H14N2O4S4. The number of carbonyl (C=O) groups excluding carboxylic acids is 1. The first-order chi connectivity index (χ1) is 10.9. The van der Waals surface area contributed by atoms with Crippen LogP contribution in [0.4, 0.5) is 0 Å². The Balaban J connectivity index is 2.00. The van der Waals surface area contributed by atoms with Gasteiger partial charge in [-0.25, -0.2) is 4.79 Å². The third-order valence-electron chi connectivity index (χ3n) is 3.49. The van der Waals surface area contributed by atoms with Gasteiger partial charge in [-0.2, -0.15) is 0 Å². The van der Waals surface area contributed by atoms with E-state index in [1.165, 1.54) is 51.5 Å². The first-order valence-corrected chi connectivity index (χ1v) is 10.3. The molecule has 3 atom stereocenters. The molecule has 6 nitrogen and oxygen atoms in total. The van der Waals surface area contributed by atoms with Crippen molar-refractivity contribution in [2.24, 2.45) is 5.92 Å². The molecule has 2 aliphatic rings. The molecule has 0 saturated carbocycles. The van der Waals surface area contributed by atoms with Gasteiger partial charge in [0.2, 0.25) is 5.91 Å². The lowest BCUT2D eigenvalue weighted by molar-refractivity contribution is -0.159. The highest BCUT2D eigenvalue weighted by molar-refractivity contribution is 8.29. The number of amides is 1. The molecule has 0 aliphatic carbocycles. The van der Waals surface area contributed by atoms with Crippen LogP contribution in [0.1, 0.15) is 13.8 Å². The fraction of sp³-hybridized carbons (Fsp3) is 0.462. The van der Waals surface area contributed by atoms with E-state index in [4.69, 9.17) is 0 Å². The van der Waals surface area contributed by atoms with Gasteiger partial charge >= 0.3 is 5.97 Å². The normalized spacial score (nSPS) is 27.9. The number of aliphatic hydroxyl groups is 1. The minimum atomic E-state index is -1.12. The first kappa shape index (κ1) is 17.2. The second-order valence-corrected chi connectivity index (χ2v) is 10.4. The van der Waals surface area contributed by atoms with Crippen molar-refractivity contribution in [3.05, 3.63) is 21.6 Å². The van der Waals surface area contributed by atoms with Gasteiger partial charge in [-0.3, -0.25) is 14.7 Å². The van der Waals surface area contributed by atoms with Crippen LogP contribution in [0.25, 0.3) is 0 Å². The van der Waals surface area contributed by atoms with Gasteiger partial charge in [0, 0.05) is 0 Å². The van der Waals surface area contributed by atoms with E-state index in [-0.39, 0.29) is 11.6 Å². The summed E-state index contributed by atoms with van der Waals surface area (Å²) in [4.78, 5) is 29.5. The van der Waals surface area contributed by atoms with Crippen molar-refractivity contribution in [1.82, 2.24) is 9.88 Å². The van der Waals surface area contributed by atoms with Crippen LogP contribution in [0.3, 0.4) is 0 Å². The maximum Gasteiger partial charge on any atom is 0.354 e. The van der Waals surface area contributed by atoms with Crippen LogP contribution in [0.2, 0.25) is 0 Å². The second kappa shape index (κ2) is 6.32. The molecule has 0 bridgehead atoms. The van der Waals surface area contributed by atoms with E-state index in [0.29, 0.717) is 9.99 Å². The average molecular weight is 391 g/mol. The molecule has 23 heavy (non-hydrogen) atoms. The van der Waals surface area contributed by atoms with Gasteiger partial charge in [-0.15, -0.1) is 23.1 Å². The van der Waals surface area contributed by atoms with E-state index in [9.17, 15) is 19.8 Å². The number of nitrogens with zero attached hydrogens (tertiary/aromatic N) is 2. The van der Waals surface area contributed by atoms with Crippen molar-refractivity contribution in [3.8, 4) is 0 Å². The molecule has 1 aromatic heterocycles. The third-order valence-corrected chi connectivity index (χ3v) is 8.63. The van der Waals surface area contributed by atoms with Crippen LogP contribution in [0.15, 0.2) is 25.9 Å². The molecule has 124 valence electrons. The summed E-state index contributed by atoms with van der Waals surface area (Å²) in [6, 6.07) is 0. The fourth-order valence-corrected chi connectivity index (χ4v) is 8.57. The number of thioether (sulfide) groups is 3. The largest absolute Gasteiger partial charge is 0.477 e. The molecule has 0 radical (unpaired) electrons. The molecule has 1 aromatic rings. The number of β-lactam (4-membered cyclic amide) rings is 1. The monoisotopic (exact) mass is 390 g/mol. The summed E-state index contributed by atoms with van der Waals surface area (Å²) in [6.07, 6.45) is 0.846. The lowest BCUT2D eigenvalue weighted by Gasteiger charge is -2.53. The second-order valence-electron chi connectivity index (χ2n) is 4.92. The molecular weight excluding hydrogens is 376 g/mol. The standard InChI is InChI=1S/C13H14N2O4S4/c1-3-21-13-8(6(2)16)10(17)15(13)9(11(18)19)12(23-13)22-7-4-14-5-20-7/h4-6,8,16H,3H2,1-2H3,(H,18,19)/t6?,8-,13+/m0/s1. The molecule has 3 heterocycles. The summed E-state index contributed by atoms with van der Waals surface area (Å²) >= 11 is 5.58. The quantitative estimate of drug-likeness (QED) is 0.716. The number of carboxylic acids is 1. The molecule has 3 rings (SSSR count). The SMILES string of the molecule is CCS[C@]12SC(Sc3cncs3)=C(C(=O)O)N1C(=O)[C@@H]2C(C)O. The number of fused-ring (bicyclic) bond motifs is 1. The van der Waals surface area contributed by atoms with Gasteiger partial charge < -0.3 is 10.2 Å². The van der Waals surface area contributed by atoms with Gasteiger partial charge in [-0.05, 0) is 12.7 Å². The molecule has 1 amide bonds. The van der Waals surface area contributed by atoms with Gasteiger partial charge in [0.25, 0.3) is 0 Å². The Bertz CT molecular complexity index is 676. The van der Waals surface area contributed by atoms with Gasteiger partial charge in [0.1, 0.15) is 5.92 Å². The minimum Gasteiger partial charge on any atom is -0.477 e. The predicted molar refractivity (Wildman–Crippen MR) is 93.1 cm³/mol. The van der Waals surface area contributed by atoms with Crippen LogP contribution in [-0.2, 0) is 9.59 Å². The highest BCUT2D eigenvalue weighted by Gasteiger charge is 2.69. The Morgan fingerprint density at radius 3 is 2.87 bits per heavy atom. The number of carbonyl (C=O) groups is 2. The Labute approximate surface area is 149 Å². The van der Waals surface area contributed by atoms with E-state index in [1.807, 2.05) is 6.92 Å². The minimum absolute atomic E-state index is 0.0104. The Hall–Kier alpha value is -0.680. The topological polar surface area (TPSA) is 90.7 Å². The maximum absolute atomic E-state index is 12.5. The molecule has 2 aliphatic heterocycles. The van der Waals surface area contributed by atoms with Crippen molar-refractivity contribution < 1.29 is 19.8 Å². The van der Waals surface area contributed by atoms with Gasteiger partial charge in [-0.1, -0.05) is 30.4 Å². The number of thiazole rings is 1. The number of aliphatic hydroxyl groups excluding tert-OH is 1. The summed E-state index contributed by atoms with van der Waals surface area (Å²) < 4.78 is 0.673. The molecule has 10 heteroatoms. The van der Waals surface area contributed by atoms with Crippen molar-refractivity contribution in [1.29, 1.82) is 0 Å². The van der Waals surface area contributed by atoms with Crippen molar-refractivity contribution in [2.45, 2.75) is 28.4 Å². The molecule has 1 unspecified atom stereocenters. The number of rotatable bonds is 6. The van der Waals surface area contributed by atoms with E-state index in [1.54, 1.807) is 18.6 Å². The summed E-state index contributed by atoms with van der Waals surface area (Å²) in [7, 11) is 0. The van der Waals surface area contributed by atoms with Crippen LogP contribution < -0.4 is 0 Å². The van der Waals surface area contributed by atoms with Crippen LogP contribution in [-0.4, -0.2) is 48.0 Å². The third kappa shape index (κ3) is 2.60. The zero-order valence-electron chi connectivity index (χ0n) is 12.3. The number of aliphatic carboxylic acids is 1. The smallest absolute Gasteiger partial charge is 0.354 e. The Kier molecular flexibility index (Phi) is 4.71. The lowest BCUT2D eigenvalue weighted by atomic mass is 9.91. The fourth-order valence-electron chi connectivity index (χ4n) is 2.67. The number of carboxylic acid groups (broad SMARTS) is 1. The summed E-state index contributed by atoms with van der Waals surface area (Å²) in [6.45, 7) is 3.53. The van der Waals surface area contributed by atoms with Crippen molar-refractivity contribution in [3.63, 3.8) is 0 Å². The van der Waals surface area contributed by atoms with Crippen LogP contribution >= 0.6 is 46.6 Å². The maximum atomic E-state index is 12.5. The van der Waals surface area contributed by atoms with Crippen molar-refractivity contribution >= 4 is 58.5 Å². The summed E-state index contributed by atoms with van der Waals surface area (Å²) in [5, 5.41) is 19.6. The highest BCUT2D eigenvalue weighted by Crippen LogP contribution is 2.66. The Morgan fingerprint density at radius 2 is 2.35 bits per heavy atom. The number of hydrogen-bond acceptors (Lipinski definition) is 8. The lowest BCUT2D eigenvalue weighted by Crippen LogP contribution is -2.68. The van der Waals surface area contributed by atoms with E-state index < -0.39 is 22.2 Å². The predicted octanol–water partition coefficient (Wildman–Crippen LogP) is 2.48. The zero-order chi connectivity index (χ0) is 16.8. The first-order valence-electron chi connectivity index (χ1n) is 6.81. The van der Waals surface area contributed by atoms with Crippen LogP contribution in [0, 0.1) is 5.92 Å². The Morgan fingerprint density at radius 1 is 1.61 bits per heavy atom. The molecule has 0 aromatic carbocycles. The van der Waals surface area contributed by atoms with E-state index in [0.717, 1.165) is 4.21 Å². The van der Waals surface area contributed by atoms with E-state index in [2.05, 4.69) is 4.98 Å². The molecule has 1 saturated heterocycles. The van der Waals surface area contributed by atoms with Crippen molar-refractivity contribution in [2.75, 3.05) is 5.75 Å². The number of aromatic nitrogens is 1. The molecule has 0 spiro atoms. The van der Waals surface area contributed by atoms with Gasteiger partial charge in [0.05, 0.1) is 26.3 Å². The highest BCUT2D eigenvalue weighted by atomic mass is 32.2. The summed E-state index contributed by atoms with van der Waals surface area (Å²) in [5.74, 6) is -1.34. The molecule has 1 fully saturated rings. The number of hydrogen-bond donors (Lipinski definition) is 2.